The van der Waals surface area contributed by atoms with Crippen LogP contribution < -0.4 is 5.32 Å². The Kier molecular flexibility index (Phi) is 5.46. The molecule has 6 heteroatoms. The fraction of sp³-hybridized carbons (Fsp3) is 0.667. The summed E-state index contributed by atoms with van der Waals surface area (Å²) in [6.07, 6.45) is 6.70. The summed E-state index contributed by atoms with van der Waals surface area (Å²) in [7, 11) is 0. The average Bonchev–Trinajstić information content (AvgIpc) is 2.38. The molecule has 2 unspecified atom stereocenters. The highest BCUT2D eigenvalue weighted by atomic mass is 16.4. The minimum absolute atomic E-state index is 0.0382. The minimum Gasteiger partial charge on any atom is -0.480 e. The van der Waals surface area contributed by atoms with E-state index in [4.69, 9.17) is 16.6 Å². The standard InChI is InChI=1S/C12H18N2O4/c1-2-4-10(11(16)17)13-12(18)14-6-3-5-9(7-14)8-15/h1,9-10,15H,3-8H2,(H,13,18)(H,16,17). The first-order valence-corrected chi connectivity index (χ1v) is 5.91. The van der Waals surface area contributed by atoms with E-state index >= 15 is 0 Å². The monoisotopic (exact) mass is 254 g/mol. The number of carbonyl (C=O) groups is 2. The molecule has 0 bridgehead atoms. The number of hydrogen-bond donors (Lipinski definition) is 3. The van der Waals surface area contributed by atoms with Crippen molar-refractivity contribution in [3.8, 4) is 12.3 Å². The molecular weight excluding hydrogens is 236 g/mol. The molecule has 0 aromatic carbocycles. The van der Waals surface area contributed by atoms with Gasteiger partial charge in [0, 0.05) is 26.1 Å². The molecule has 1 heterocycles. The Labute approximate surface area is 106 Å². The number of likely N-dealkylation sites (tertiary alicyclic amines) is 1. The molecule has 3 N–H and O–H groups in total. The second kappa shape index (κ2) is 6.87. The van der Waals surface area contributed by atoms with Crippen LogP contribution in [0.3, 0.4) is 0 Å². The van der Waals surface area contributed by atoms with E-state index in [1.807, 2.05) is 0 Å². The zero-order chi connectivity index (χ0) is 13.5. The van der Waals surface area contributed by atoms with Crippen molar-refractivity contribution in [3.63, 3.8) is 0 Å². The van der Waals surface area contributed by atoms with Gasteiger partial charge < -0.3 is 20.4 Å². The zero-order valence-corrected chi connectivity index (χ0v) is 10.1. The van der Waals surface area contributed by atoms with Crippen LogP contribution in [-0.4, -0.2) is 52.9 Å². The lowest BCUT2D eigenvalue weighted by molar-refractivity contribution is -0.139. The fourth-order valence-electron chi connectivity index (χ4n) is 1.96. The number of urea groups is 1. The first-order chi connectivity index (χ1) is 8.58. The SMILES string of the molecule is C#CCC(NC(=O)N1CCCC(CO)C1)C(=O)O. The summed E-state index contributed by atoms with van der Waals surface area (Å²) < 4.78 is 0. The molecule has 1 aliphatic rings. The Morgan fingerprint density at radius 2 is 2.28 bits per heavy atom. The highest BCUT2D eigenvalue weighted by molar-refractivity contribution is 5.82. The molecular formula is C12H18N2O4. The van der Waals surface area contributed by atoms with Crippen molar-refractivity contribution < 1.29 is 19.8 Å². The molecule has 18 heavy (non-hydrogen) atoms. The molecule has 1 fully saturated rings. The molecule has 0 spiro atoms. The highest BCUT2D eigenvalue weighted by Crippen LogP contribution is 2.15. The molecule has 1 aliphatic heterocycles. The van der Waals surface area contributed by atoms with Crippen LogP contribution in [0.5, 0.6) is 0 Å². The fourth-order valence-corrected chi connectivity index (χ4v) is 1.96. The lowest BCUT2D eigenvalue weighted by Gasteiger charge is -2.32. The number of nitrogens with zero attached hydrogens (tertiary/aromatic N) is 1. The van der Waals surface area contributed by atoms with Crippen molar-refractivity contribution in [2.24, 2.45) is 5.92 Å². The number of amides is 2. The van der Waals surface area contributed by atoms with E-state index in [9.17, 15) is 9.59 Å². The summed E-state index contributed by atoms with van der Waals surface area (Å²) in [5.41, 5.74) is 0. The predicted molar refractivity (Wildman–Crippen MR) is 64.8 cm³/mol. The number of aliphatic carboxylic acids is 1. The van der Waals surface area contributed by atoms with Crippen molar-refractivity contribution in [2.75, 3.05) is 19.7 Å². The second-order valence-electron chi connectivity index (χ2n) is 4.39. The van der Waals surface area contributed by atoms with Gasteiger partial charge in [0.15, 0.2) is 0 Å². The summed E-state index contributed by atoms with van der Waals surface area (Å²) in [6, 6.07) is -1.49. The molecule has 100 valence electrons. The molecule has 0 aromatic heterocycles. The van der Waals surface area contributed by atoms with Gasteiger partial charge in [-0.05, 0) is 18.8 Å². The number of aliphatic hydroxyl groups is 1. The van der Waals surface area contributed by atoms with Crippen LogP contribution in [-0.2, 0) is 4.79 Å². The number of terminal acetylenes is 1. The highest BCUT2D eigenvalue weighted by Gasteiger charge is 2.26. The Hall–Kier alpha value is -1.74. The van der Waals surface area contributed by atoms with Crippen LogP contribution in [0.1, 0.15) is 19.3 Å². The van der Waals surface area contributed by atoms with E-state index in [1.54, 1.807) is 0 Å². The van der Waals surface area contributed by atoms with E-state index in [0.717, 1.165) is 12.8 Å². The smallest absolute Gasteiger partial charge is 0.327 e. The number of hydrogen-bond acceptors (Lipinski definition) is 3. The topological polar surface area (TPSA) is 89.9 Å². The van der Waals surface area contributed by atoms with Gasteiger partial charge in [-0.25, -0.2) is 9.59 Å². The van der Waals surface area contributed by atoms with Crippen molar-refractivity contribution in [1.29, 1.82) is 0 Å². The number of piperidine rings is 1. The number of carboxylic acid groups (broad SMARTS) is 1. The number of rotatable bonds is 4. The maximum atomic E-state index is 11.9. The molecule has 0 saturated carbocycles. The zero-order valence-electron chi connectivity index (χ0n) is 10.1. The van der Waals surface area contributed by atoms with Gasteiger partial charge in [0.25, 0.3) is 0 Å². The molecule has 0 aromatic rings. The largest absolute Gasteiger partial charge is 0.480 e. The summed E-state index contributed by atoms with van der Waals surface area (Å²) >= 11 is 0. The maximum Gasteiger partial charge on any atom is 0.327 e. The van der Waals surface area contributed by atoms with Gasteiger partial charge in [-0.15, -0.1) is 12.3 Å². The third kappa shape index (κ3) is 3.93. The molecule has 1 rings (SSSR count). The average molecular weight is 254 g/mol. The molecule has 6 nitrogen and oxygen atoms in total. The van der Waals surface area contributed by atoms with Crippen molar-refractivity contribution in [2.45, 2.75) is 25.3 Å². The lowest BCUT2D eigenvalue weighted by Crippen LogP contribution is -2.51. The Bertz CT molecular complexity index is 350. The Morgan fingerprint density at radius 1 is 1.56 bits per heavy atom. The van der Waals surface area contributed by atoms with Gasteiger partial charge in [0.1, 0.15) is 6.04 Å². The van der Waals surface area contributed by atoms with Crippen molar-refractivity contribution >= 4 is 12.0 Å². The maximum absolute atomic E-state index is 11.9. The minimum atomic E-state index is -1.14. The summed E-state index contributed by atoms with van der Waals surface area (Å²) in [6.45, 7) is 1.06. The van der Waals surface area contributed by atoms with Crippen LogP contribution in [0.25, 0.3) is 0 Å². The Morgan fingerprint density at radius 3 is 2.83 bits per heavy atom. The third-order valence-electron chi connectivity index (χ3n) is 2.98. The molecule has 2 amide bonds. The molecule has 1 saturated heterocycles. The van der Waals surface area contributed by atoms with Crippen LogP contribution in [0, 0.1) is 18.3 Å². The van der Waals surface area contributed by atoms with Gasteiger partial charge in [0.2, 0.25) is 0 Å². The van der Waals surface area contributed by atoms with Gasteiger partial charge in [-0.1, -0.05) is 0 Å². The Balaban J connectivity index is 2.53. The first-order valence-electron chi connectivity index (χ1n) is 5.91. The lowest BCUT2D eigenvalue weighted by atomic mass is 9.99. The van der Waals surface area contributed by atoms with E-state index in [-0.39, 0.29) is 18.9 Å². The van der Waals surface area contributed by atoms with Crippen LogP contribution >= 0.6 is 0 Å². The molecule has 0 radical (unpaired) electrons. The van der Waals surface area contributed by atoms with Gasteiger partial charge in [0.05, 0.1) is 0 Å². The summed E-state index contributed by atoms with van der Waals surface area (Å²) in [5, 5.41) is 20.3. The van der Waals surface area contributed by atoms with Gasteiger partial charge >= 0.3 is 12.0 Å². The van der Waals surface area contributed by atoms with Crippen LogP contribution in [0.4, 0.5) is 4.79 Å². The van der Waals surface area contributed by atoms with Gasteiger partial charge in [-0.3, -0.25) is 0 Å². The summed E-state index contributed by atoms with van der Waals surface area (Å²) in [5.74, 6) is 1.15. The van der Waals surface area contributed by atoms with Gasteiger partial charge in [-0.2, -0.15) is 0 Å². The van der Waals surface area contributed by atoms with Crippen molar-refractivity contribution in [3.05, 3.63) is 0 Å². The van der Waals surface area contributed by atoms with Crippen molar-refractivity contribution in [1.82, 2.24) is 10.2 Å². The van der Waals surface area contributed by atoms with E-state index in [0.29, 0.717) is 13.1 Å². The normalized spacial score (nSPS) is 20.9. The second-order valence-corrected chi connectivity index (χ2v) is 4.39. The predicted octanol–water partition coefficient (Wildman–Crippen LogP) is -0.123. The van der Waals surface area contributed by atoms with Crippen LogP contribution in [0.15, 0.2) is 0 Å². The molecule has 0 aliphatic carbocycles. The van der Waals surface area contributed by atoms with E-state index in [2.05, 4.69) is 11.2 Å². The van der Waals surface area contributed by atoms with E-state index in [1.165, 1.54) is 4.90 Å². The van der Waals surface area contributed by atoms with Crippen LogP contribution in [0.2, 0.25) is 0 Å². The first kappa shape index (κ1) is 14.3. The number of carboxylic acids is 1. The quantitative estimate of drug-likeness (QED) is 0.610. The third-order valence-corrected chi connectivity index (χ3v) is 2.98. The molecule has 2 atom stereocenters. The number of carbonyl (C=O) groups excluding carboxylic acids is 1. The number of aliphatic hydroxyl groups excluding tert-OH is 1. The number of nitrogens with one attached hydrogen (secondary N) is 1. The summed E-state index contributed by atoms with van der Waals surface area (Å²) in [4.78, 5) is 24.2. The van der Waals surface area contributed by atoms with E-state index < -0.39 is 18.0 Å².